The molecule has 0 saturated carbocycles. The molecule has 6 heteroatoms. The fourth-order valence-corrected chi connectivity index (χ4v) is 3.92. The second-order valence-corrected chi connectivity index (χ2v) is 6.73. The van der Waals surface area contributed by atoms with E-state index in [-0.39, 0.29) is 18.1 Å². The maximum Gasteiger partial charge on any atom is 0.308 e. The number of likely N-dealkylation sites (tertiary alicyclic amines) is 1. The number of carbonyl (C=O) groups excluding carboxylic acids is 1. The molecule has 1 N–H and O–H groups in total. The molecule has 1 aliphatic rings. The monoisotopic (exact) mass is 347 g/mol. The summed E-state index contributed by atoms with van der Waals surface area (Å²) in [6, 6.07) is 7.62. The third kappa shape index (κ3) is 3.48. The Labute approximate surface area is 143 Å². The van der Waals surface area contributed by atoms with Gasteiger partial charge in [0.15, 0.2) is 0 Å². The zero-order chi connectivity index (χ0) is 17.1. The average Bonchev–Trinajstić information content (AvgIpc) is 3.08. The molecule has 1 aromatic carbocycles. The van der Waals surface area contributed by atoms with Crippen LogP contribution in [0.3, 0.4) is 0 Å². The van der Waals surface area contributed by atoms with Gasteiger partial charge in [-0.05, 0) is 52.9 Å². The molecule has 1 aliphatic heterocycles. The topological polar surface area (TPSA) is 57.6 Å². The van der Waals surface area contributed by atoms with Crippen molar-refractivity contribution in [1.29, 1.82) is 0 Å². The van der Waals surface area contributed by atoms with E-state index in [1.165, 1.54) is 23.5 Å². The van der Waals surface area contributed by atoms with Crippen LogP contribution in [0.1, 0.15) is 30.0 Å². The van der Waals surface area contributed by atoms with Crippen LogP contribution >= 0.6 is 11.3 Å². The lowest BCUT2D eigenvalue weighted by atomic mass is 9.85. The highest BCUT2D eigenvalue weighted by atomic mass is 32.1. The van der Waals surface area contributed by atoms with Gasteiger partial charge in [0.1, 0.15) is 5.82 Å². The SMILES string of the molecule is O=C(O)[C@H]1CCC(=O)N(CCc2ccc(F)cc2)[C@H]1c1ccsc1. The number of hydrogen-bond acceptors (Lipinski definition) is 3. The van der Waals surface area contributed by atoms with E-state index >= 15 is 0 Å². The fraction of sp³-hybridized carbons (Fsp3) is 0.333. The number of nitrogens with zero attached hydrogens (tertiary/aromatic N) is 1. The first-order valence-corrected chi connectivity index (χ1v) is 8.79. The van der Waals surface area contributed by atoms with E-state index in [9.17, 15) is 19.1 Å². The Morgan fingerprint density at radius 2 is 2.04 bits per heavy atom. The average molecular weight is 347 g/mol. The van der Waals surface area contributed by atoms with Gasteiger partial charge in [0.25, 0.3) is 0 Å². The summed E-state index contributed by atoms with van der Waals surface area (Å²) in [5, 5.41) is 13.4. The molecule has 1 amide bonds. The number of carboxylic acids is 1. The fourth-order valence-electron chi connectivity index (χ4n) is 3.23. The van der Waals surface area contributed by atoms with Crippen molar-refractivity contribution in [3.05, 3.63) is 58.0 Å². The lowest BCUT2D eigenvalue weighted by Crippen LogP contribution is -2.46. The van der Waals surface area contributed by atoms with Crippen LogP contribution in [-0.4, -0.2) is 28.4 Å². The summed E-state index contributed by atoms with van der Waals surface area (Å²) < 4.78 is 13.0. The summed E-state index contributed by atoms with van der Waals surface area (Å²) in [5.74, 6) is -1.78. The Balaban J connectivity index is 1.82. The Bertz CT molecular complexity index is 714. The summed E-state index contributed by atoms with van der Waals surface area (Å²) in [6.07, 6.45) is 1.18. The highest BCUT2D eigenvalue weighted by molar-refractivity contribution is 7.08. The molecule has 0 radical (unpaired) electrons. The molecule has 1 fully saturated rings. The highest BCUT2D eigenvalue weighted by Gasteiger charge is 2.40. The maximum absolute atomic E-state index is 13.0. The van der Waals surface area contributed by atoms with Gasteiger partial charge in [0, 0.05) is 13.0 Å². The van der Waals surface area contributed by atoms with Gasteiger partial charge in [-0.2, -0.15) is 11.3 Å². The van der Waals surface area contributed by atoms with Gasteiger partial charge >= 0.3 is 5.97 Å². The van der Waals surface area contributed by atoms with Gasteiger partial charge in [-0.3, -0.25) is 9.59 Å². The van der Waals surface area contributed by atoms with Crippen molar-refractivity contribution >= 4 is 23.2 Å². The minimum absolute atomic E-state index is 0.0224. The van der Waals surface area contributed by atoms with Crippen LogP contribution in [0.4, 0.5) is 4.39 Å². The van der Waals surface area contributed by atoms with E-state index < -0.39 is 17.9 Å². The van der Waals surface area contributed by atoms with Crippen molar-refractivity contribution in [2.75, 3.05) is 6.54 Å². The normalized spacial score (nSPS) is 21.0. The molecule has 0 aliphatic carbocycles. The molecule has 1 saturated heterocycles. The van der Waals surface area contributed by atoms with E-state index in [0.29, 0.717) is 19.4 Å². The molecule has 0 spiro atoms. The summed E-state index contributed by atoms with van der Waals surface area (Å²) in [6.45, 7) is 0.425. The first-order valence-electron chi connectivity index (χ1n) is 7.85. The van der Waals surface area contributed by atoms with Crippen molar-refractivity contribution in [2.24, 2.45) is 5.92 Å². The number of piperidine rings is 1. The molecule has 1 aromatic heterocycles. The summed E-state index contributed by atoms with van der Waals surface area (Å²) in [5.41, 5.74) is 1.80. The summed E-state index contributed by atoms with van der Waals surface area (Å²) in [7, 11) is 0. The molecular weight excluding hydrogens is 329 g/mol. The number of aliphatic carboxylic acids is 1. The van der Waals surface area contributed by atoms with Gasteiger partial charge < -0.3 is 10.0 Å². The zero-order valence-electron chi connectivity index (χ0n) is 13.0. The van der Waals surface area contributed by atoms with Gasteiger partial charge in [0.2, 0.25) is 5.91 Å². The molecule has 4 nitrogen and oxygen atoms in total. The van der Waals surface area contributed by atoms with Crippen LogP contribution in [0.25, 0.3) is 0 Å². The van der Waals surface area contributed by atoms with E-state index in [2.05, 4.69) is 0 Å². The van der Waals surface area contributed by atoms with Gasteiger partial charge in [0.05, 0.1) is 12.0 Å². The minimum Gasteiger partial charge on any atom is -0.481 e. The molecular formula is C18H18FNO3S. The van der Waals surface area contributed by atoms with Crippen LogP contribution in [0.5, 0.6) is 0 Å². The van der Waals surface area contributed by atoms with Gasteiger partial charge in [-0.15, -0.1) is 0 Å². The number of carboxylic acid groups (broad SMARTS) is 1. The van der Waals surface area contributed by atoms with Crippen molar-refractivity contribution in [1.82, 2.24) is 4.90 Å². The van der Waals surface area contributed by atoms with E-state index in [1.54, 1.807) is 17.0 Å². The second-order valence-electron chi connectivity index (χ2n) is 5.95. The number of carbonyl (C=O) groups is 2. The molecule has 126 valence electrons. The highest BCUT2D eigenvalue weighted by Crippen LogP contribution is 2.37. The molecule has 3 rings (SSSR count). The predicted molar refractivity (Wildman–Crippen MR) is 89.2 cm³/mol. The third-order valence-corrected chi connectivity index (χ3v) is 5.16. The van der Waals surface area contributed by atoms with Crippen LogP contribution in [0, 0.1) is 11.7 Å². The minimum atomic E-state index is -0.870. The quantitative estimate of drug-likeness (QED) is 0.901. The van der Waals surface area contributed by atoms with Crippen molar-refractivity contribution in [3.63, 3.8) is 0 Å². The number of amides is 1. The second kappa shape index (κ2) is 7.13. The van der Waals surface area contributed by atoms with E-state index in [0.717, 1.165) is 11.1 Å². The first-order chi connectivity index (χ1) is 11.6. The lowest BCUT2D eigenvalue weighted by molar-refractivity contribution is -0.152. The van der Waals surface area contributed by atoms with Crippen LogP contribution in [-0.2, 0) is 16.0 Å². The third-order valence-electron chi connectivity index (χ3n) is 4.46. The van der Waals surface area contributed by atoms with Gasteiger partial charge in [-0.1, -0.05) is 12.1 Å². The Morgan fingerprint density at radius 1 is 1.29 bits per heavy atom. The van der Waals surface area contributed by atoms with E-state index in [1.807, 2.05) is 16.8 Å². The van der Waals surface area contributed by atoms with Crippen LogP contribution < -0.4 is 0 Å². The Kier molecular flexibility index (Phi) is 4.94. The molecule has 24 heavy (non-hydrogen) atoms. The van der Waals surface area contributed by atoms with Crippen molar-refractivity contribution < 1.29 is 19.1 Å². The number of rotatable bonds is 5. The number of halogens is 1. The van der Waals surface area contributed by atoms with Crippen molar-refractivity contribution in [3.8, 4) is 0 Å². The number of hydrogen-bond donors (Lipinski definition) is 1. The number of thiophene rings is 1. The predicted octanol–water partition coefficient (Wildman–Crippen LogP) is 3.49. The maximum atomic E-state index is 13.0. The van der Waals surface area contributed by atoms with E-state index in [4.69, 9.17) is 0 Å². The Morgan fingerprint density at radius 3 is 2.67 bits per heavy atom. The number of benzene rings is 1. The summed E-state index contributed by atoms with van der Waals surface area (Å²) >= 11 is 1.49. The van der Waals surface area contributed by atoms with Crippen LogP contribution in [0.15, 0.2) is 41.1 Å². The smallest absolute Gasteiger partial charge is 0.308 e. The first kappa shape index (κ1) is 16.6. The summed E-state index contributed by atoms with van der Waals surface area (Å²) in [4.78, 5) is 25.7. The standard InChI is InChI=1S/C18H18FNO3S/c19-14-3-1-12(2-4-14)7-9-20-16(21)6-5-15(18(22)23)17(20)13-8-10-24-11-13/h1-4,8,10-11,15,17H,5-7,9H2,(H,22,23)/t15-,17-/m0/s1. The zero-order valence-corrected chi connectivity index (χ0v) is 13.8. The molecule has 0 bridgehead atoms. The molecule has 2 heterocycles. The molecule has 0 unspecified atom stereocenters. The van der Waals surface area contributed by atoms with Crippen molar-refractivity contribution in [2.45, 2.75) is 25.3 Å². The largest absolute Gasteiger partial charge is 0.481 e. The lowest BCUT2D eigenvalue weighted by Gasteiger charge is -2.39. The molecule has 2 aromatic rings. The van der Waals surface area contributed by atoms with Gasteiger partial charge in [-0.25, -0.2) is 4.39 Å². The Hall–Kier alpha value is -2.21. The van der Waals surface area contributed by atoms with Crippen LogP contribution in [0.2, 0.25) is 0 Å². The molecule has 2 atom stereocenters.